The van der Waals surface area contributed by atoms with Crippen molar-refractivity contribution in [2.75, 3.05) is 39.3 Å². The van der Waals surface area contributed by atoms with Crippen LogP contribution in [0.5, 0.6) is 0 Å². The maximum atomic E-state index is 12.7. The SMILES string of the molecule is NC(=O)N1CCC[C@H](C(=O)N2CCN(S(=O)(=O)c3ccc(Cl)cc3)CC2)C1. The van der Waals surface area contributed by atoms with Crippen LogP contribution in [0.15, 0.2) is 29.2 Å². The minimum Gasteiger partial charge on any atom is -0.351 e. The Hall–Kier alpha value is -1.84. The van der Waals surface area contributed by atoms with Crippen molar-refractivity contribution < 1.29 is 18.0 Å². The fourth-order valence-electron chi connectivity index (χ4n) is 3.54. The van der Waals surface area contributed by atoms with Crippen LogP contribution in [0.2, 0.25) is 5.02 Å². The topological polar surface area (TPSA) is 104 Å². The molecule has 0 aromatic heterocycles. The minimum atomic E-state index is -3.61. The van der Waals surface area contributed by atoms with Gasteiger partial charge in [0.25, 0.3) is 0 Å². The maximum Gasteiger partial charge on any atom is 0.314 e. The van der Waals surface area contributed by atoms with Gasteiger partial charge in [-0.05, 0) is 37.1 Å². The smallest absolute Gasteiger partial charge is 0.314 e. The molecule has 8 nitrogen and oxygen atoms in total. The summed E-state index contributed by atoms with van der Waals surface area (Å²) >= 11 is 5.82. The Morgan fingerprint density at radius 3 is 2.22 bits per heavy atom. The first kappa shape index (κ1) is 19.9. The third-order valence-electron chi connectivity index (χ3n) is 5.08. The van der Waals surface area contributed by atoms with E-state index in [1.165, 1.54) is 21.3 Å². The average molecular weight is 415 g/mol. The molecule has 3 rings (SSSR count). The fourth-order valence-corrected chi connectivity index (χ4v) is 5.09. The lowest BCUT2D eigenvalue weighted by atomic mass is 9.96. The van der Waals surface area contributed by atoms with Crippen LogP contribution in [0.25, 0.3) is 0 Å². The van der Waals surface area contributed by atoms with Gasteiger partial charge in [0.2, 0.25) is 15.9 Å². The molecular formula is C17H23ClN4O4S. The summed E-state index contributed by atoms with van der Waals surface area (Å²) in [5, 5.41) is 0.474. The Morgan fingerprint density at radius 1 is 1.00 bits per heavy atom. The normalized spacial score (nSPS) is 21.9. The molecule has 0 saturated carbocycles. The van der Waals surface area contributed by atoms with Crippen LogP contribution >= 0.6 is 11.6 Å². The van der Waals surface area contributed by atoms with E-state index in [-0.39, 0.29) is 29.8 Å². The van der Waals surface area contributed by atoms with Gasteiger partial charge < -0.3 is 15.5 Å². The number of rotatable bonds is 3. The first-order valence-electron chi connectivity index (χ1n) is 8.88. The molecule has 0 spiro atoms. The number of likely N-dealkylation sites (tertiary alicyclic amines) is 1. The number of urea groups is 1. The van der Waals surface area contributed by atoms with Crippen LogP contribution in [0.3, 0.4) is 0 Å². The van der Waals surface area contributed by atoms with Crippen molar-refractivity contribution >= 4 is 33.6 Å². The molecule has 1 atom stereocenters. The van der Waals surface area contributed by atoms with Crippen LogP contribution in [0.1, 0.15) is 12.8 Å². The molecule has 0 bridgehead atoms. The predicted molar refractivity (Wildman–Crippen MR) is 101 cm³/mol. The Kier molecular flexibility index (Phi) is 5.92. The average Bonchev–Trinajstić information content (AvgIpc) is 2.68. The second-order valence-corrected chi connectivity index (χ2v) is 9.18. The molecule has 10 heteroatoms. The van der Waals surface area contributed by atoms with Crippen LogP contribution in [-0.4, -0.2) is 73.7 Å². The van der Waals surface area contributed by atoms with Gasteiger partial charge in [0.05, 0.1) is 10.8 Å². The third kappa shape index (κ3) is 4.36. The van der Waals surface area contributed by atoms with Crippen molar-refractivity contribution in [1.29, 1.82) is 0 Å². The summed E-state index contributed by atoms with van der Waals surface area (Å²) in [6.45, 7) is 2.05. The summed E-state index contributed by atoms with van der Waals surface area (Å²) in [4.78, 5) is 27.5. The van der Waals surface area contributed by atoms with Crippen LogP contribution in [0, 0.1) is 5.92 Å². The molecule has 0 aliphatic carbocycles. The Labute approximate surface area is 163 Å². The molecule has 2 fully saturated rings. The van der Waals surface area contributed by atoms with Gasteiger partial charge in [-0.25, -0.2) is 13.2 Å². The van der Waals surface area contributed by atoms with E-state index in [2.05, 4.69) is 0 Å². The summed E-state index contributed by atoms with van der Waals surface area (Å²) in [6, 6.07) is 5.54. The van der Waals surface area contributed by atoms with Gasteiger partial charge in [-0.3, -0.25) is 4.79 Å². The van der Waals surface area contributed by atoms with Crippen molar-refractivity contribution in [3.05, 3.63) is 29.3 Å². The lowest BCUT2D eigenvalue weighted by Crippen LogP contribution is -2.54. The van der Waals surface area contributed by atoms with E-state index in [1.54, 1.807) is 17.0 Å². The highest BCUT2D eigenvalue weighted by Gasteiger charge is 2.34. The van der Waals surface area contributed by atoms with Crippen molar-refractivity contribution in [1.82, 2.24) is 14.1 Å². The second-order valence-electron chi connectivity index (χ2n) is 6.81. The first-order valence-corrected chi connectivity index (χ1v) is 10.7. The maximum absolute atomic E-state index is 12.7. The Bertz CT molecular complexity index is 807. The van der Waals surface area contributed by atoms with Gasteiger partial charge >= 0.3 is 6.03 Å². The zero-order chi connectivity index (χ0) is 19.6. The van der Waals surface area contributed by atoms with Crippen molar-refractivity contribution in [3.63, 3.8) is 0 Å². The fraction of sp³-hybridized carbons (Fsp3) is 0.529. The number of piperidine rings is 1. The number of piperazine rings is 1. The van der Waals surface area contributed by atoms with E-state index in [0.717, 1.165) is 6.42 Å². The van der Waals surface area contributed by atoms with Gasteiger partial charge in [-0.15, -0.1) is 0 Å². The van der Waals surface area contributed by atoms with E-state index in [9.17, 15) is 18.0 Å². The number of carbonyl (C=O) groups excluding carboxylic acids is 2. The summed E-state index contributed by atoms with van der Waals surface area (Å²) in [6.07, 6.45) is 1.45. The standard InChI is InChI=1S/C17H23ClN4O4S/c18-14-3-5-15(6-4-14)27(25,26)22-10-8-20(9-11-22)16(23)13-2-1-7-21(12-13)17(19)24/h3-6,13H,1-2,7-12H2,(H2,19,24)/t13-/m0/s1. The highest BCUT2D eigenvalue weighted by molar-refractivity contribution is 7.89. The number of sulfonamides is 1. The molecule has 2 aliphatic heterocycles. The number of primary amides is 1. The van der Waals surface area contributed by atoms with Gasteiger partial charge in [-0.2, -0.15) is 4.31 Å². The largest absolute Gasteiger partial charge is 0.351 e. The van der Waals surface area contributed by atoms with E-state index in [0.29, 0.717) is 37.6 Å². The van der Waals surface area contributed by atoms with E-state index in [1.807, 2.05) is 0 Å². The number of nitrogens with two attached hydrogens (primary N) is 1. The highest BCUT2D eigenvalue weighted by atomic mass is 35.5. The number of amides is 3. The molecule has 2 saturated heterocycles. The summed E-state index contributed by atoms with van der Waals surface area (Å²) in [7, 11) is -3.61. The molecule has 2 N–H and O–H groups in total. The molecular weight excluding hydrogens is 392 g/mol. The summed E-state index contributed by atoms with van der Waals surface area (Å²) in [5.41, 5.74) is 5.32. The van der Waals surface area contributed by atoms with E-state index < -0.39 is 16.1 Å². The zero-order valence-corrected chi connectivity index (χ0v) is 16.5. The van der Waals surface area contributed by atoms with Gasteiger partial charge in [0.1, 0.15) is 0 Å². The molecule has 2 heterocycles. The van der Waals surface area contributed by atoms with Crippen molar-refractivity contribution in [2.24, 2.45) is 11.7 Å². The Morgan fingerprint density at radius 2 is 1.63 bits per heavy atom. The van der Waals surface area contributed by atoms with Gasteiger partial charge in [0.15, 0.2) is 0 Å². The molecule has 3 amide bonds. The second kappa shape index (κ2) is 8.04. The van der Waals surface area contributed by atoms with Gasteiger partial charge in [-0.1, -0.05) is 11.6 Å². The molecule has 1 aromatic carbocycles. The first-order chi connectivity index (χ1) is 12.8. The van der Waals surface area contributed by atoms with Crippen LogP contribution < -0.4 is 5.73 Å². The van der Waals surface area contributed by atoms with Crippen molar-refractivity contribution in [3.8, 4) is 0 Å². The quantitative estimate of drug-likeness (QED) is 0.795. The number of hydrogen-bond acceptors (Lipinski definition) is 4. The van der Waals surface area contributed by atoms with E-state index in [4.69, 9.17) is 17.3 Å². The number of carbonyl (C=O) groups is 2. The highest BCUT2D eigenvalue weighted by Crippen LogP contribution is 2.22. The van der Waals surface area contributed by atoms with E-state index >= 15 is 0 Å². The number of halogens is 1. The molecule has 2 aliphatic rings. The summed E-state index contributed by atoms with van der Waals surface area (Å²) < 4.78 is 26.8. The molecule has 27 heavy (non-hydrogen) atoms. The number of hydrogen-bond donors (Lipinski definition) is 1. The lowest BCUT2D eigenvalue weighted by molar-refractivity contribution is -0.138. The molecule has 0 radical (unpaired) electrons. The molecule has 148 valence electrons. The van der Waals surface area contributed by atoms with Crippen LogP contribution in [0.4, 0.5) is 4.79 Å². The summed E-state index contributed by atoms with van der Waals surface area (Å²) in [5.74, 6) is -0.310. The number of nitrogens with zero attached hydrogens (tertiary/aromatic N) is 3. The van der Waals surface area contributed by atoms with Gasteiger partial charge in [0, 0.05) is 44.3 Å². The molecule has 1 aromatic rings. The predicted octanol–water partition coefficient (Wildman–Crippen LogP) is 0.964. The number of benzene rings is 1. The third-order valence-corrected chi connectivity index (χ3v) is 7.25. The minimum absolute atomic E-state index is 0.0375. The zero-order valence-electron chi connectivity index (χ0n) is 14.9. The monoisotopic (exact) mass is 414 g/mol. The Balaban J connectivity index is 1.60. The van der Waals surface area contributed by atoms with Crippen molar-refractivity contribution in [2.45, 2.75) is 17.7 Å². The lowest BCUT2D eigenvalue weighted by Gasteiger charge is -2.38. The van der Waals surface area contributed by atoms with Crippen LogP contribution in [-0.2, 0) is 14.8 Å². The molecule has 0 unspecified atom stereocenters.